The maximum absolute atomic E-state index is 15.0. The Morgan fingerprint density at radius 2 is 2.08 bits per heavy atom. The molecule has 1 saturated heterocycles. The molecule has 3 heterocycles. The fourth-order valence-electron chi connectivity index (χ4n) is 3.03. The summed E-state index contributed by atoms with van der Waals surface area (Å²) >= 11 is 0. The lowest BCUT2D eigenvalue weighted by Gasteiger charge is -2.35. The van der Waals surface area contributed by atoms with Crippen molar-refractivity contribution in [1.82, 2.24) is 19.4 Å². The van der Waals surface area contributed by atoms with Crippen LogP contribution in [0.4, 0.5) is 10.2 Å². The lowest BCUT2D eigenvalue weighted by molar-refractivity contribution is -0.392. The smallest absolute Gasteiger partial charge is 0.343 e. The van der Waals surface area contributed by atoms with Crippen LogP contribution < -0.4 is 0 Å². The molecule has 0 unspecified atom stereocenters. The molecular formula is C16H18FN5O3. The molecule has 0 radical (unpaired) electrons. The van der Waals surface area contributed by atoms with Crippen molar-refractivity contribution in [1.29, 1.82) is 0 Å². The van der Waals surface area contributed by atoms with Gasteiger partial charge in [0.2, 0.25) is 0 Å². The minimum absolute atomic E-state index is 0.154. The van der Waals surface area contributed by atoms with Crippen LogP contribution in [-0.4, -0.2) is 43.4 Å². The fourth-order valence-corrected chi connectivity index (χ4v) is 3.03. The van der Waals surface area contributed by atoms with Crippen molar-refractivity contribution < 1.29 is 14.1 Å². The lowest BCUT2D eigenvalue weighted by Crippen LogP contribution is -2.44. The Morgan fingerprint density at radius 1 is 1.36 bits per heavy atom. The van der Waals surface area contributed by atoms with Crippen LogP contribution in [0.5, 0.6) is 0 Å². The van der Waals surface area contributed by atoms with Gasteiger partial charge < -0.3 is 15.0 Å². The Labute approximate surface area is 143 Å². The van der Waals surface area contributed by atoms with Crippen LogP contribution in [0, 0.1) is 17.0 Å². The van der Waals surface area contributed by atoms with E-state index >= 15 is 4.39 Å². The molecule has 25 heavy (non-hydrogen) atoms. The van der Waals surface area contributed by atoms with Crippen LogP contribution in [0.1, 0.15) is 24.4 Å². The Kier molecular flexibility index (Phi) is 4.47. The topological polar surface area (TPSA) is 94.2 Å². The highest BCUT2D eigenvalue weighted by Crippen LogP contribution is 2.35. The van der Waals surface area contributed by atoms with E-state index in [0.29, 0.717) is 11.5 Å². The van der Waals surface area contributed by atoms with Crippen LogP contribution in [0.25, 0.3) is 0 Å². The number of piperidine rings is 1. The van der Waals surface area contributed by atoms with Crippen LogP contribution in [-0.2, 0) is 17.0 Å². The third-order valence-electron chi connectivity index (χ3n) is 4.55. The number of aryl methyl sites for hydroxylation is 1. The molecule has 0 N–H and O–H groups in total. The predicted octanol–water partition coefficient (Wildman–Crippen LogP) is 1.98. The molecule has 9 heteroatoms. The molecule has 132 valence electrons. The Hall–Kier alpha value is -2.84. The number of pyridine rings is 1. The molecule has 0 spiro atoms. The number of carbonyl (C=O) groups excluding carboxylic acids is 1. The molecule has 3 rings (SSSR count). The molecule has 0 saturated carbocycles. The average Bonchev–Trinajstić information content (AvgIpc) is 2.97. The standard InChI is InChI=1S/C16H18FN5O3/c1-12-19-10-14(22(24)25)21(12)11-15(23)20-8-5-16(17,6-9-20)13-4-2-3-7-18-13/h2-4,7,10H,5-6,8-9,11H2,1H3. The second kappa shape index (κ2) is 6.58. The molecule has 1 aliphatic heterocycles. The molecular weight excluding hydrogens is 329 g/mol. The van der Waals surface area contributed by atoms with E-state index in [1.54, 1.807) is 31.3 Å². The highest BCUT2D eigenvalue weighted by molar-refractivity contribution is 5.76. The predicted molar refractivity (Wildman–Crippen MR) is 86.5 cm³/mol. The van der Waals surface area contributed by atoms with Gasteiger partial charge in [-0.2, -0.15) is 0 Å². The SMILES string of the molecule is Cc1ncc([N+](=O)[O-])n1CC(=O)N1CCC(F)(c2ccccn2)CC1. The number of alkyl halides is 1. The van der Waals surface area contributed by atoms with Gasteiger partial charge in [0.1, 0.15) is 6.20 Å². The minimum atomic E-state index is -1.55. The zero-order chi connectivity index (χ0) is 18.0. The summed E-state index contributed by atoms with van der Waals surface area (Å²) in [7, 11) is 0. The van der Waals surface area contributed by atoms with Crippen molar-refractivity contribution >= 4 is 11.7 Å². The number of imidazole rings is 1. The van der Waals surface area contributed by atoms with Crippen molar-refractivity contribution in [2.45, 2.75) is 32.0 Å². The highest BCUT2D eigenvalue weighted by atomic mass is 19.1. The number of hydrogen-bond donors (Lipinski definition) is 0. The summed E-state index contributed by atoms with van der Waals surface area (Å²) in [4.78, 5) is 32.4. The largest absolute Gasteiger partial charge is 0.358 e. The normalized spacial score (nSPS) is 16.6. The molecule has 1 amide bonds. The first kappa shape index (κ1) is 17.0. The summed E-state index contributed by atoms with van der Waals surface area (Å²) in [5.41, 5.74) is -1.17. The zero-order valence-electron chi connectivity index (χ0n) is 13.8. The van der Waals surface area contributed by atoms with Crippen molar-refractivity contribution in [3.63, 3.8) is 0 Å². The van der Waals surface area contributed by atoms with E-state index in [-0.39, 0.29) is 44.2 Å². The number of carbonyl (C=O) groups is 1. The Bertz CT molecular complexity index is 784. The lowest BCUT2D eigenvalue weighted by atomic mass is 9.89. The molecule has 0 aromatic carbocycles. The van der Waals surface area contributed by atoms with E-state index in [2.05, 4.69) is 9.97 Å². The third-order valence-corrected chi connectivity index (χ3v) is 4.55. The van der Waals surface area contributed by atoms with E-state index in [0.717, 1.165) is 6.20 Å². The summed E-state index contributed by atoms with van der Waals surface area (Å²) in [6, 6.07) is 5.11. The fraction of sp³-hybridized carbons (Fsp3) is 0.438. The summed E-state index contributed by atoms with van der Waals surface area (Å²) in [6.07, 6.45) is 2.99. The summed E-state index contributed by atoms with van der Waals surface area (Å²) < 4.78 is 16.3. The number of rotatable bonds is 4. The number of nitro groups is 1. The van der Waals surface area contributed by atoms with Crippen molar-refractivity contribution in [3.8, 4) is 0 Å². The second-order valence-corrected chi connectivity index (χ2v) is 6.07. The third kappa shape index (κ3) is 3.35. The van der Waals surface area contributed by atoms with Gasteiger partial charge in [0.05, 0.1) is 5.69 Å². The molecule has 1 aliphatic rings. The van der Waals surface area contributed by atoms with Crippen LogP contribution >= 0.6 is 0 Å². The highest BCUT2D eigenvalue weighted by Gasteiger charge is 2.39. The van der Waals surface area contributed by atoms with Crippen molar-refractivity contribution in [2.24, 2.45) is 0 Å². The number of nitrogens with zero attached hydrogens (tertiary/aromatic N) is 5. The quantitative estimate of drug-likeness (QED) is 0.623. The van der Waals surface area contributed by atoms with Gasteiger partial charge in [-0.1, -0.05) is 6.07 Å². The van der Waals surface area contributed by atoms with E-state index in [1.807, 2.05) is 0 Å². The maximum atomic E-state index is 15.0. The first-order valence-electron chi connectivity index (χ1n) is 7.95. The van der Waals surface area contributed by atoms with Gasteiger partial charge in [-0.05, 0) is 17.1 Å². The van der Waals surface area contributed by atoms with Gasteiger partial charge in [0, 0.05) is 39.1 Å². The van der Waals surface area contributed by atoms with Crippen molar-refractivity contribution in [2.75, 3.05) is 13.1 Å². The number of halogens is 1. The second-order valence-electron chi connectivity index (χ2n) is 6.07. The van der Waals surface area contributed by atoms with Crippen LogP contribution in [0.3, 0.4) is 0 Å². The van der Waals surface area contributed by atoms with E-state index in [9.17, 15) is 14.9 Å². The molecule has 0 bridgehead atoms. The van der Waals surface area contributed by atoms with Crippen molar-refractivity contribution in [3.05, 3.63) is 52.2 Å². The molecule has 0 atom stereocenters. The molecule has 2 aromatic rings. The summed E-state index contributed by atoms with van der Waals surface area (Å²) in [5, 5.41) is 11.0. The Balaban J connectivity index is 1.67. The maximum Gasteiger partial charge on any atom is 0.343 e. The number of likely N-dealkylation sites (tertiary alicyclic amines) is 1. The van der Waals surface area contributed by atoms with Crippen LogP contribution in [0.2, 0.25) is 0 Å². The van der Waals surface area contributed by atoms with Gasteiger partial charge in [-0.3, -0.25) is 9.78 Å². The van der Waals surface area contributed by atoms with Gasteiger partial charge in [0.25, 0.3) is 5.91 Å². The molecule has 1 fully saturated rings. The van der Waals surface area contributed by atoms with E-state index in [4.69, 9.17) is 0 Å². The molecule has 8 nitrogen and oxygen atoms in total. The van der Waals surface area contributed by atoms with E-state index in [1.165, 1.54) is 9.47 Å². The van der Waals surface area contributed by atoms with Gasteiger partial charge in [0.15, 0.2) is 18.0 Å². The monoisotopic (exact) mass is 347 g/mol. The average molecular weight is 347 g/mol. The molecule has 2 aromatic heterocycles. The summed E-state index contributed by atoms with van der Waals surface area (Å²) in [6.45, 7) is 1.91. The first-order valence-corrected chi connectivity index (χ1v) is 7.95. The summed E-state index contributed by atoms with van der Waals surface area (Å²) in [5.74, 6) is -0.117. The Morgan fingerprint density at radius 3 is 2.68 bits per heavy atom. The molecule has 0 aliphatic carbocycles. The van der Waals surface area contributed by atoms with Gasteiger partial charge in [-0.15, -0.1) is 0 Å². The number of aromatic nitrogens is 3. The number of amides is 1. The van der Waals surface area contributed by atoms with E-state index < -0.39 is 10.6 Å². The minimum Gasteiger partial charge on any atom is -0.358 e. The van der Waals surface area contributed by atoms with Gasteiger partial charge in [-0.25, -0.2) is 13.9 Å². The zero-order valence-corrected chi connectivity index (χ0v) is 13.8. The first-order chi connectivity index (χ1) is 11.9. The number of hydrogen-bond acceptors (Lipinski definition) is 5. The van der Waals surface area contributed by atoms with Crippen LogP contribution in [0.15, 0.2) is 30.6 Å². The van der Waals surface area contributed by atoms with Gasteiger partial charge >= 0.3 is 5.82 Å².